The van der Waals surface area contributed by atoms with Crippen molar-refractivity contribution in [1.29, 1.82) is 0 Å². The van der Waals surface area contributed by atoms with E-state index >= 15 is 0 Å². The molecule has 152 valence electrons. The monoisotopic (exact) mass is 392 g/mol. The molecule has 1 unspecified atom stereocenters. The van der Waals surface area contributed by atoms with E-state index in [4.69, 9.17) is 0 Å². The number of likely N-dealkylation sites (tertiary alicyclic amines) is 1. The minimum absolute atomic E-state index is 0.183. The fraction of sp³-hybridized carbons (Fsp3) is 0.400. The Bertz CT molecular complexity index is 984. The molecular formula is C25H29FN2O. The number of nitrogens with zero attached hydrogens (tertiary/aromatic N) is 2. The van der Waals surface area contributed by atoms with Crippen LogP contribution in [0.4, 0.5) is 4.39 Å². The van der Waals surface area contributed by atoms with E-state index in [-0.39, 0.29) is 17.6 Å². The van der Waals surface area contributed by atoms with Crippen molar-refractivity contribution < 1.29 is 9.18 Å². The summed E-state index contributed by atoms with van der Waals surface area (Å²) >= 11 is 0. The highest BCUT2D eigenvalue weighted by molar-refractivity contribution is 5.86. The molecule has 1 fully saturated rings. The third-order valence-corrected chi connectivity index (χ3v) is 6.14. The molecular weight excluding hydrogens is 363 g/mol. The number of para-hydroxylation sites is 1. The van der Waals surface area contributed by atoms with Crippen molar-refractivity contribution in [3.8, 4) is 0 Å². The van der Waals surface area contributed by atoms with Crippen molar-refractivity contribution in [2.45, 2.75) is 45.6 Å². The Balaban J connectivity index is 1.67. The molecule has 0 saturated carbocycles. The number of carbonyl (C=O) groups excluding carboxylic acids is 1. The Morgan fingerprint density at radius 2 is 1.72 bits per heavy atom. The molecule has 1 amide bonds. The van der Waals surface area contributed by atoms with Gasteiger partial charge in [0.15, 0.2) is 0 Å². The summed E-state index contributed by atoms with van der Waals surface area (Å²) in [6.45, 7) is 6.89. The first kappa shape index (κ1) is 19.7. The zero-order valence-corrected chi connectivity index (χ0v) is 17.3. The van der Waals surface area contributed by atoms with Crippen molar-refractivity contribution in [2.75, 3.05) is 13.1 Å². The minimum Gasteiger partial charge on any atom is -0.343 e. The molecule has 1 aliphatic rings. The first-order chi connectivity index (χ1) is 14.0. The van der Waals surface area contributed by atoms with Crippen LogP contribution in [0.1, 0.15) is 50.2 Å². The molecule has 1 aliphatic heterocycles. The second-order valence-corrected chi connectivity index (χ2v) is 8.50. The van der Waals surface area contributed by atoms with E-state index in [1.165, 1.54) is 23.1 Å². The summed E-state index contributed by atoms with van der Waals surface area (Å²) in [6, 6.07) is 15.1. The highest BCUT2D eigenvalue weighted by atomic mass is 19.1. The van der Waals surface area contributed by atoms with E-state index < -0.39 is 0 Å². The number of aromatic nitrogens is 1. The normalized spacial score (nSPS) is 15.4. The highest BCUT2D eigenvalue weighted by Crippen LogP contribution is 2.35. The van der Waals surface area contributed by atoms with E-state index in [9.17, 15) is 9.18 Å². The summed E-state index contributed by atoms with van der Waals surface area (Å²) in [4.78, 5) is 14.9. The third-order valence-electron chi connectivity index (χ3n) is 6.14. The molecule has 0 aliphatic carbocycles. The summed E-state index contributed by atoms with van der Waals surface area (Å²) in [5.41, 5.74) is 3.46. The minimum atomic E-state index is -0.216. The predicted octanol–water partition coefficient (Wildman–Crippen LogP) is 5.58. The van der Waals surface area contributed by atoms with Gasteiger partial charge in [0.2, 0.25) is 5.91 Å². The summed E-state index contributed by atoms with van der Waals surface area (Å²) in [5, 5.41) is 1.21. The van der Waals surface area contributed by atoms with Gasteiger partial charge >= 0.3 is 0 Å². The van der Waals surface area contributed by atoms with Crippen molar-refractivity contribution in [3.63, 3.8) is 0 Å². The zero-order valence-electron chi connectivity index (χ0n) is 17.3. The Morgan fingerprint density at radius 3 is 2.41 bits per heavy atom. The smallest absolute Gasteiger partial charge is 0.223 e. The van der Waals surface area contributed by atoms with Crippen LogP contribution in [0.15, 0.2) is 54.7 Å². The van der Waals surface area contributed by atoms with Gasteiger partial charge in [-0.05, 0) is 54.0 Å². The van der Waals surface area contributed by atoms with Gasteiger partial charge in [-0.1, -0.05) is 44.2 Å². The lowest BCUT2D eigenvalue weighted by atomic mass is 9.85. The van der Waals surface area contributed by atoms with Crippen LogP contribution in [-0.4, -0.2) is 28.5 Å². The lowest BCUT2D eigenvalue weighted by Gasteiger charge is -2.23. The zero-order chi connectivity index (χ0) is 20.4. The number of amides is 1. The molecule has 2 aromatic carbocycles. The number of benzene rings is 2. The molecule has 4 heteroatoms. The van der Waals surface area contributed by atoms with Gasteiger partial charge < -0.3 is 9.47 Å². The van der Waals surface area contributed by atoms with Gasteiger partial charge in [0.25, 0.3) is 0 Å². The van der Waals surface area contributed by atoms with Gasteiger partial charge in [0.05, 0.1) is 0 Å². The fourth-order valence-corrected chi connectivity index (χ4v) is 4.48. The molecule has 1 saturated heterocycles. The maximum absolute atomic E-state index is 13.3. The number of fused-ring (bicyclic) bond motifs is 1. The Hall–Kier alpha value is -2.62. The first-order valence-electron chi connectivity index (χ1n) is 10.6. The van der Waals surface area contributed by atoms with Crippen molar-refractivity contribution in [1.82, 2.24) is 9.47 Å². The average Bonchev–Trinajstić information content (AvgIpc) is 3.37. The van der Waals surface area contributed by atoms with Crippen molar-refractivity contribution >= 4 is 16.8 Å². The van der Waals surface area contributed by atoms with Gasteiger partial charge in [-0.2, -0.15) is 0 Å². The summed E-state index contributed by atoms with van der Waals surface area (Å²) in [6.07, 6.45) is 5.00. The quantitative estimate of drug-likeness (QED) is 0.537. The SMILES string of the molecule is CC(C)C(CC(=O)N1CCCC1)c1cn(Cc2ccc(F)cc2)c2ccccc12. The number of carbonyl (C=O) groups is 1. The summed E-state index contributed by atoms with van der Waals surface area (Å²) in [5.74, 6) is 0.609. The maximum atomic E-state index is 13.3. The van der Waals surface area contributed by atoms with Gasteiger partial charge in [0, 0.05) is 43.2 Å². The second kappa shape index (κ2) is 8.40. The van der Waals surface area contributed by atoms with Crippen LogP contribution < -0.4 is 0 Å². The molecule has 4 rings (SSSR count). The molecule has 3 aromatic rings. The van der Waals surface area contributed by atoms with Crippen LogP contribution in [0.25, 0.3) is 10.9 Å². The van der Waals surface area contributed by atoms with Gasteiger partial charge in [-0.25, -0.2) is 4.39 Å². The van der Waals surface area contributed by atoms with Crippen LogP contribution in [0.2, 0.25) is 0 Å². The molecule has 29 heavy (non-hydrogen) atoms. The van der Waals surface area contributed by atoms with Gasteiger partial charge in [-0.3, -0.25) is 4.79 Å². The molecule has 2 heterocycles. The highest BCUT2D eigenvalue weighted by Gasteiger charge is 2.27. The van der Waals surface area contributed by atoms with Gasteiger partial charge in [-0.15, -0.1) is 0 Å². The summed E-state index contributed by atoms with van der Waals surface area (Å²) in [7, 11) is 0. The van der Waals surface area contributed by atoms with Crippen LogP contribution in [-0.2, 0) is 11.3 Å². The van der Waals surface area contributed by atoms with Crippen LogP contribution >= 0.6 is 0 Å². The fourth-order valence-electron chi connectivity index (χ4n) is 4.48. The molecule has 0 N–H and O–H groups in total. The number of hydrogen-bond donors (Lipinski definition) is 0. The molecule has 0 bridgehead atoms. The topological polar surface area (TPSA) is 25.2 Å². The number of halogens is 1. The Kier molecular flexibility index (Phi) is 5.70. The molecule has 0 radical (unpaired) electrons. The van der Waals surface area contributed by atoms with Crippen molar-refractivity contribution in [3.05, 3.63) is 71.7 Å². The van der Waals surface area contributed by atoms with E-state index in [0.29, 0.717) is 18.9 Å². The predicted molar refractivity (Wildman–Crippen MR) is 115 cm³/mol. The molecule has 3 nitrogen and oxygen atoms in total. The first-order valence-corrected chi connectivity index (χ1v) is 10.6. The van der Waals surface area contributed by atoms with Gasteiger partial charge in [0.1, 0.15) is 5.82 Å². The number of rotatable bonds is 6. The van der Waals surface area contributed by atoms with Crippen molar-refractivity contribution in [2.24, 2.45) is 5.92 Å². The van der Waals surface area contributed by atoms with Crippen LogP contribution in [0, 0.1) is 11.7 Å². The van der Waals surface area contributed by atoms with Crippen LogP contribution in [0.5, 0.6) is 0 Å². The molecule has 1 aromatic heterocycles. The Morgan fingerprint density at radius 1 is 1.03 bits per heavy atom. The van der Waals surface area contributed by atoms with E-state index in [1.807, 2.05) is 23.1 Å². The maximum Gasteiger partial charge on any atom is 0.223 e. The standard InChI is InChI=1S/C25H29FN2O/c1-18(2)22(15-25(29)27-13-5-6-14-27)23-17-28(24-8-4-3-7-21(23)24)16-19-9-11-20(26)12-10-19/h3-4,7-12,17-18,22H,5-6,13-16H2,1-2H3. The molecule has 0 spiro atoms. The van der Waals surface area contributed by atoms with E-state index in [1.54, 1.807) is 0 Å². The second-order valence-electron chi connectivity index (χ2n) is 8.50. The lowest BCUT2D eigenvalue weighted by Crippen LogP contribution is -2.29. The summed E-state index contributed by atoms with van der Waals surface area (Å²) < 4.78 is 15.5. The lowest BCUT2D eigenvalue weighted by molar-refractivity contribution is -0.130. The van der Waals surface area contributed by atoms with E-state index in [2.05, 4.69) is 42.8 Å². The largest absolute Gasteiger partial charge is 0.343 e. The molecule has 1 atom stereocenters. The van der Waals surface area contributed by atoms with Crippen LogP contribution in [0.3, 0.4) is 0 Å². The Labute approximate surface area is 172 Å². The number of hydrogen-bond acceptors (Lipinski definition) is 1. The third kappa shape index (κ3) is 4.21. The van der Waals surface area contributed by atoms with E-state index in [0.717, 1.165) is 37.0 Å². The average molecular weight is 393 g/mol.